The summed E-state index contributed by atoms with van der Waals surface area (Å²) >= 11 is 0. The number of nitriles is 1. The summed E-state index contributed by atoms with van der Waals surface area (Å²) in [6.07, 6.45) is 2.46. The molecule has 1 aromatic carbocycles. The fourth-order valence-electron chi connectivity index (χ4n) is 2.49. The van der Waals surface area contributed by atoms with Crippen molar-refractivity contribution in [3.8, 4) is 6.07 Å². The molecule has 0 N–H and O–H groups in total. The molecule has 0 aromatic heterocycles. The highest BCUT2D eigenvalue weighted by Crippen LogP contribution is 2.22. The van der Waals surface area contributed by atoms with E-state index in [2.05, 4.69) is 13.0 Å². The first kappa shape index (κ1) is 13.6. The van der Waals surface area contributed by atoms with Gasteiger partial charge in [0.1, 0.15) is 0 Å². The Morgan fingerprint density at radius 3 is 2.58 bits per heavy atom. The van der Waals surface area contributed by atoms with Crippen LogP contribution in [-0.2, 0) is 4.79 Å². The normalized spacial score (nSPS) is 17.8. The van der Waals surface area contributed by atoms with Gasteiger partial charge in [0, 0.05) is 19.5 Å². The number of hydrogen-bond acceptors (Lipinski definition) is 2. The third-order valence-corrected chi connectivity index (χ3v) is 3.87. The fourth-order valence-corrected chi connectivity index (χ4v) is 2.49. The summed E-state index contributed by atoms with van der Waals surface area (Å²) in [5, 5.41) is 9.25. The van der Waals surface area contributed by atoms with Gasteiger partial charge in [-0.15, -0.1) is 0 Å². The molecular formula is C16H20N2O. The first-order chi connectivity index (χ1) is 9.20. The van der Waals surface area contributed by atoms with Crippen molar-refractivity contribution in [1.82, 2.24) is 4.90 Å². The molecule has 100 valence electrons. The maximum Gasteiger partial charge on any atom is 0.224 e. The third-order valence-electron chi connectivity index (χ3n) is 3.87. The summed E-state index contributed by atoms with van der Waals surface area (Å²) in [6, 6.07) is 11.8. The van der Waals surface area contributed by atoms with Crippen LogP contribution in [0, 0.1) is 17.2 Å². The lowest BCUT2D eigenvalue weighted by Crippen LogP contribution is -2.38. The second kappa shape index (κ2) is 6.38. The number of hydrogen-bond donors (Lipinski definition) is 0. The highest BCUT2D eigenvalue weighted by Gasteiger charge is 2.23. The van der Waals surface area contributed by atoms with E-state index in [-0.39, 0.29) is 11.8 Å². The predicted octanol–water partition coefficient (Wildman–Crippen LogP) is 2.94. The van der Waals surface area contributed by atoms with Crippen LogP contribution >= 0.6 is 0 Å². The molecule has 19 heavy (non-hydrogen) atoms. The van der Waals surface area contributed by atoms with Crippen molar-refractivity contribution in [3.05, 3.63) is 35.9 Å². The van der Waals surface area contributed by atoms with Gasteiger partial charge in [0.05, 0.1) is 12.0 Å². The summed E-state index contributed by atoms with van der Waals surface area (Å²) in [7, 11) is 0. The van der Waals surface area contributed by atoms with Crippen molar-refractivity contribution in [1.29, 1.82) is 5.26 Å². The van der Waals surface area contributed by atoms with Gasteiger partial charge in [-0.2, -0.15) is 5.26 Å². The van der Waals surface area contributed by atoms with Gasteiger partial charge in [0.15, 0.2) is 0 Å². The van der Waals surface area contributed by atoms with Crippen LogP contribution in [0.4, 0.5) is 0 Å². The van der Waals surface area contributed by atoms with E-state index in [1.807, 2.05) is 35.2 Å². The number of nitrogens with zero attached hydrogens (tertiary/aromatic N) is 2. The Balaban J connectivity index is 1.96. The topological polar surface area (TPSA) is 44.1 Å². The van der Waals surface area contributed by atoms with Crippen molar-refractivity contribution >= 4 is 5.91 Å². The van der Waals surface area contributed by atoms with Gasteiger partial charge in [-0.3, -0.25) is 4.79 Å². The van der Waals surface area contributed by atoms with Crippen LogP contribution in [0.25, 0.3) is 0 Å². The SMILES string of the molecule is CC1CCN(C(=O)CC(C#N)c2ccccc2)CC1. The standard InChI is InChI=1S/C16H20N2O/c1-13-7-9-18(10-8-13)16(19)11-15(12-17)14-5-3-2-4-6-14/h2-6,13,15H,7-11H2,1H3. The third kappa shape index (κ3) is 3.57. The maximum atomic E-state index is 12.2. The monoisotopic (exact) mass is 256 g/mol. The Hall–Kier alpha value is -1.82. The van der Waals surface area contributed by atoms with Crippen molar-refractivity contribution in [2.45, 2.75) is 32.1 Å². The molecule has 1 heterocycles. The van der Waals surface area contributed by atoms with E-state index in [1.54, 1.807) is 0 Å². The van der Waals surface area contributed by atoms with E-state index in [1.165, 1.54) is 0 Å². The molecule has 1 atom stereocenters. The smallest absolute Gasteiger partial charge is 0.224 e. The van der Waals surface area contributed by atoms with E-state index in [9.17, 15) is 10.1 Å². The molecule has 0 aliphatic carbocycles. The average molecular weight is 256 g/mol. The summed E-state index contributed by atoms with van der Waals surface area (Å²) in [4.78, 5) is 14.1. The Bertz CT molecular complexity index is 455. The van der Waals surface area contributed by atoms with Gasteiger partial charge in [-0.05, 0) is 24.3 Å². The summed E-state index contributed by atoms with van der Waals surface area (Å²) in [5.41, 5.74) is 0.934. The minimum atomic E-state index is -0.326. The molecule has 3 nitrogen and oxygen atoms in total. The second-order valence-corrected chi connectivity index (χ2v) is 5.36. The molecular weight excluding hydrogens is 236 g/mol. The Morgan fingerprint density at radius 2 is 2.00 bits per heavy atom. The minimum absolute atomic E-state index is 0.113. The highest BCUT2D eigenvalue weighted by molar-refractivity contribution is 5.77. The maximum absolute atomic E-state index is 12.2. The van der Waals surface area contributed by atoms with Gasteiger partial charge in [0.2, 0.25) is 5.91 Å². The lowest BCUT2D eigenvalue weighted by molar-refractivity contribution is -0.132. The number of amides is 1. The van der Waals surface area contributed by atoms with Crippen LogP contribution in [0.3, 0.4) is 0 Å². The van der Waals surface area contributed by atoms with Crippen molar-refractivity contribution in [2.75, 3.05) is 13.1 Å². The zero-order chi connectivity index (χ0) is 13.7. The number of carbonyl (C=O) groups excluding carboxylic acids is 1. The first-order valence-corrected chi connectivity index (χ1v) is 6.93. The molecule has 1 aliphatic rings. The van der Waals surface area contributed by atoms with Gasteiger partial charge in [-0.1, -0.05) is 37.3 Å². The predicted molar refractivity (Wildman–Crippen MR) is 74.4 cm³/mol. The first-order valence-electron chi connectivity index (χ1n) is 6.93. The molecule has 0 radical (unpaired) electrons. The van der Waals surface area contributed by atoms with Crippen molar-refractivity contribution in [2.24, 2.45) is 5.92 Å². The minimum Gasteiger partial charge on any atom is -0.343 e. The molecule has 3 heteroatoms. The lowest BCUT2D eigenvalue weighted by Gasteiger charge is -2.30. The van der Waals surface area contributed by atoms with Gasteiger partial charge in [-0.25, -0.2) is 0 Å². The molecule has 0 spiro atoms. The molecule has 0 bridgehead atoms. The molecule has 1 fully saturated rings. The molecule has 1 amide bonds. The zero-order valence-electron chi connectivity index (χ0n) is 11.4. The Morgan fingerprint density at radius 1 is 1.37 bits per heavy atom. The van der Waals surface area contributed by atoms with E-state index < -0.39 is 0 Å². The zero-order valence-corrected chi connectivity index (χ0v) is 11.4. The fraction of sp³-hybridized carbons (Fsp3) is 0.500. The van der Waals surface area contributed by atoms with E-state index in [4.69, 9.17) is 0 Å². The van der Waals surface area contributed by atoms with E-state index >= 15 is 0 Å². The Labute approximate surface area is 114 Å². The molecule has 2 rings (SSSR count). The Kier molecular flexibility index (Phi) is 4.57. The van der Waals surface area contributed by atoms with Crippen LogP contribution in [0.1, 0.15) is 37.7 Å². The van der Waals surface area contributed by atoms with Gasteiger partial charge >= 0.3 is 0 Å². The van der Waals surface area contributed by atoms with Crippen LogP contribution in [0.5, 0.6) is 0 Å². The molecule has 1 aliphatic heterocycles. The van der Waals surface area contributed by atoms with E-state index in [0.717, 1.165) is 31.5 Å². The average Bonchev–Trinajstić information content (AvgIpc) is 2.46. The molecule has 1 aromatic rings. The second-order valence-electron chi connectivity index (χ2n) is 5.36. The van der Waals surface area contributed by atoms with E-state index in [0.29, 0.717) is 12.3 Å². The molecule has 1 unspecified atom stereocenters. The highest BCUT2D eigenvalue weighted by atomic mass is 16.2. The number of benzene rings is 1. The number of carbonyl (C=O) groups is 1. The summed E-state index contributed by atoms with van der Waals surface area (Å²) in [6.45, 7) is 3.91. The molecule has 1 saturated heterocycles. The van der Waals surface area contributed by atoms with Crippen LogP contribution in [0.2, 0.25) is 0 Å². The van der Waals surface area contributed by atoms with Crippen molar-refractivity contribution in [3.63, 3.8) is 0 Å². The van der Waals surface area contributed by atoms with Crippen molar-refractivity contribution < 1.29 is 4.79 Å². The summed E-state index contributed by atoms with van der Waals surface area (Å²) < 4.78 is 0. The summed E-state index contributed by atoms with van der Waals surface area (Å²) in [5.74, 6) is 0.500. The number of piperidine rings is 1. The molecule has 0 saturated carbocycles. The number of rotatable bonds is 3. The quantitative estimate of drug-likeness (QED) is 0.834. The van der Waals surface area contributed by atoms with Crippen LogP contribution in [0.15, 0.2) is 30.3 Å². The van der Waals surface area contributed by atoms with Crippen LogP contribution < -0.4 is 0 Å². The van der Waals surface area contributed by atoms with Gasteiger partial charge in [0.25, 0.3) is 0 Å². The lowest BCUT2D eigenvalue weighted by atomic mass is 9.95. The van der Waals surface area contributed by atoms with Gasteiger partial charge < -0.3 is 4.90 Å². The largest absolute Gasteiger partial charge is 0.343 e. The van der Waals surface area contributed by atoms with Crippen LogP contribution in [-0.4, -0.2) is 23.9 Å². The number of likely N-dealkylation sites (tertiary alicyclic amines) is 1.